The molecule has 4 aliphatic heterocycles. The number of carbonyl (C=O) groups excluding carboxylic acids is 3. The van der Waals surface area contributed by atoms with E-state index in [4.69, 9.17) is 47.4 Å². The number of aliphatic hydroxyl groups is 9. The molecule has 0 aromatic carbocycles. The molecule has 4 saturated heterocycles. The molecule has 0 spiro atoms. The average molecular weight is 1200 g/mol. The van der Waals surface area contributed by atoms with E-state index in [1.807, 2.05) is 20.8 Å². The number of ether oxygens (including phenoxy) is 10. The quantitative estimate of drug-likeness (QED) is 0.0631. The number of carboxylic acid groups (broad SMARTS) is 1. The average Bonchev–Trinajstić information content (AvgIpc) is 1.31. The Kier molecular flexibility index (Phi) is 20.5. The second kappa shape index (κ2) is 25.8. The standard InChI is InChI=1S/C59H95NO24/c1-26(2)58(11,84-30(6)64)20-14-27(3)31-16-21-59(54(73)74)33-12-13-38-55(7,8)39(17-18-56(38,9)32(33)15-19-57(31,59)10)81-53-49(83-50-40(60-28(4)62)45(70)42(67)35(22-61)78-50)48(44(69)37(80-53)24-75-29(5)63)82-52-47(72)43(68)36(25-77-52)79-51-46(71)41(66)34(65)23-76-51/h26-27,31,34-53,61,65-72H,12-25H2,1-11H3,(H,60,62)(H,73,74)/t27-,31-,34+,35-,36+,37-,38+,39?,40-,41+,42+,43+,44+,45-,46-,47-,48+,49-,50+,51+,52+,53+,56-,57-,58?,59+/m1/s1. The maximum absolute atomic E-state index is 14.2. The van der Waals surface area contributed by atoms with E-state index in [1.165, 1.54) is 12.5 Å². The summed E-state index contributed by atoms with van der Waals surface area (Å²) >= 11 is 0. The number of carbonyl (C=O) groups is 4. The van der Waals surface area contributed by atoms with Crippen molar-refractivity contribution in [2.24, 2.45) is 45.3 Å². The maximum atomic E-state index is 14.2. The van der Waals surface area contributed by atoms with Gasteiger partial charge in [0.05, 0.1) is 31.3 Å². The molecule has 8 rings (SSSR count). The molecule has 0 radical (unpaired) electrons. The Labute approximate surface area is 490 Å². The van der Waals surface area contributed by atoms with Gasteiger partial charge in [-0.05, 0) is 111 Å². The van der Waals surface area contributed by atoms with Crippen molar-refractivity contribution in [1.29, 1.82) is 0 Å². The normalized spacial score (nSPS) is 45.1. The second-order valence-electron chi connectivity index (χ2n) is 26.9. The number of carboxylic acids is 1. The smallest absolute Gasteiger partial charge is 0.314 e. The highest BCUT2D eigenvalue weighted by atomic mass is 16.8. The lowest BCUT2D eigenvalue weighted by Gasteiger charge is -2.62. The van der Waals surface area contributed by atoms with Gasteiger partial charge in [-0.2, -0.15) is 0 Å². The molecule has 25 heteroatoms. The Morgan fingerprint density at radius 2 is 1.32 bits per heavy atom. The third kappa shape index (κ3) is 12.4. The van der Waals surface area contributed by atoms with E-state index in [1.54, 1.807) is 0 Å². The van der Waals surface area contributed by atoms with Crippen molar-refractivity contribution in [1.82, 2.24) is 5.32 Å². The van der Waals surface area contributed by atoms with Crippen molar-refractivity contribution >= 4 is 23.8 Å². The van der Waals surface area contributed by atoms with Crippen LogP contribution in [0.5, 0.6) is 0 Å². The molecule has 11 N–H and O–H groups in total. The molecule has 4 heterocycles. The molecule has 2 saturated carbocycles. The lowest BCUT2D eigenvalue weighted by Crippen LogP contribution is -2.69. The number of esters is 2. The van der Waals surface area contributed by atoms with Gasteiger partial charge in [-0.1, -0.05) is 59.6 Å². The number of rotatable bonds is 19. The van der Waals surface area contributed by atoms with Gasteiger partial charge in [0.2, 0.25) is 5.91 Å². The Bertz CT molecular complexity index is 2380. The van der Waals surface area contributed by atoms with E-state index in [9.17, 15) is 70.2 Å². The van der Waals surface area contributed by atoms with Crippen molar-refractivity contribution in [2.75, 3.05) is 26.4 Å². The second-order valence-corrected chi connectivity index (χ2v) is 26.9. The van der Waals surface area contributed by atoms with E-state index >= 15 is 0 Å². The third-order valence-electron chi connectivity index (χ3n) is 21.3. The summed E-state index contributed by atoms with van der Waals surface area (Å²) in [6.45, 7) is 18.2. The van der Waals surface area contributed by atoms with Gasteiger partial charge < -0.3 is 104 Å². The van der Waals surface area contributed by atoms with Gasteiger partial charge in [0.1, 0.15) is 97.6 Å². The molecule has 4 aliphatic carbocycles. The summed E-state index contributed by atoms with van der Waals surface area (Å²) in [5.74, 6) is -2.30. The zero-order valence-corrected chi connectivity index (χ0v) is 50.4. The number of hydrogen-bond donors (Lipinski definition) is 11. The summed E-state index contributed by atoms with van der Waals surface area (Å²) in [4.78, 5) is 51.4. The van der Waals surface area contributed by atoms with E-state index in [-0.39, 0.29) is 29.6 Å². The predicted octanol–water partition coefficient (Wildman–Crippen LogP) is 0.845. The van der Waals surface area contributed by atoms with Crippen LogP contribution in [0, 0.1) is 45.3 Å². The molecular formula is C59H95NO24. The van der Waals surface area contributed by atoms with E-state index in [0.29, 0.717) is 51.4 Å². The lowest BCUT2D eigenvalue weighted by atomic mass is 9.43. The van der Waals surface area contributed by atoms with Crippen LogP contribution in [0.3, 0.4) is 0 Å². The molecule has 84 heavy (non-hydrogen) atoms. The number of nitrogens with one attached hydrogen (secondary N) is 1. The van der Waals surface area contributed by atoms with Crippen LogP contribution in [0.1, 0.15) is 140 Å². The van der Waals surface area contributed by atoms with Crippen LogP contribution in [0.2, 0.25) is 0 Å². The SMILES string of the molecule is CC(=O)N[C@H]1[C@H](O[C@H]2[C@H](OC3CC[C@]4(C)C5=C(CC[C@H]4C3(C)C)[C@]3(C(=O)O)CC[C@H]([C@H](C)CCC(C)(OC(C)=O)C(C)C)[C@@]3(C)CC5)O[C@H](COC(C)=O)[C@H](O)[C@@H]2O[C@@H]2OC[C@H](O[C@@H]3OC[C@H](O)[C@H](O)[C@H]3O)[C@H](O)[C@H]2O)O[C@H](CO)[C@H](O)[C@@H]1O. The number of hydrogen-bond acceptors (Lipinski definition) is 23. The minimum atomic E-state index is -1.98. The molecular weight excluding hydrogens is 1110 g/mol. The van der Waals surface area contributed by atoms with Crippen LogP contribution in [-0.4, -0.2) is 224 Å². The molecule has 6 fully saturated rings. The minimum absolute atomic E-state index is 0.0776. The van der Waals surface area contributed by atoms with Gasteiger partial charge in [-0.3, -0.25) is 19.2 Å². The van der Waals surface area contributed by atoms with Gasteiger partial charge in [0.25, 0.3) is 0 Å². The summed E-state index contributed by atoms with van der Waals surface area (Å²) in [6, 6.07) is -1.53. The third-order valence-corrected chi connectivity index (χ3v) is 21.3. The largest absolute Gasteiger partial charge is 0.481 e. The molecule has 8 aliphatic rings. The van der Waals surface area contributed by atoms with Crippen LogP contribution in [0.25, 0.3) is 0 Å². The molecule has 480 valence electrons. The topological polar surface area (TPSA) is 375 Å². The van der Waals surface area contributed by atoms with E-state index in [0.717, 1.165) is 32.3 Å². The number of amides is 1. The Morgan fingerprint density at radius 3 is 1.95 bits per heavy atom. The van der Waals surface area contributed by atoms with Gasteiger partial charge in [-0.25, -0.2) is 0 Å². The number of aliphatic carboxylic acids is 1. The molecule has 0 aromatic heterocycles. The van der Waals surface area contributed by atoms with Crippen molar-refractivity contribution in [3.8, 4) is 0 Å². The van der Waals surface area contributed by atoms with Crippen LogP contribution in [0.15, 0.2) is 11.1 Å². The number of allylic oxidation sites excluding steroid dienone is 1. The Hall–Kier alpha value is -3.06. The van der Waals surface area contributed by atoms with Crippen LogP contribution in [-0.2, 0) is 66.5 Å². The van der Waals surface area contributed by atoms with E-state index < -0.39 is 188 Å². The highest BCUT2D eigenvalue weighted by Crippen LogP contribution is 2.73. The zero-order chi connectivity index (χ0) is 61.9. The molecule has 1 amide bonds. The van der Waals surface area contributed by atoms with E-state index in [2.05, 4.69) is 39.9 Å². The number of aliphatic hydroxyl groups excluding tert-OH is 9. The molecule has 0 aromatic rings. The summed E-state index contributed by atoms with van der Waals surface area (Å²) in [5, 5.41) is 113. The molecule has 0 bridgehead atoms. The van der Waals surface area contributed by atoms with Crippen LogP contribution < -0.4 is 5.32 Å². The summed E-state index contributed by atoms with van der Waals surface area (Å²) in [6.07, 6.45) is -23.1. The summed E-state index contributed by atoms with van der Waals surface area (Å²) in [7, 11) is 0. The van der Waals surface area contributed by atoms with Gasteiger partial charge in [0, 0.05) is 20.8 Å². The first-order valence-electron chi connectivity index (χ1n) is 30.1. The fourth-order valence-corrected chi connectivity index (χ4v) is 16.2. The fraction of sp³-hybridized carbons (Fsp3) is 0.898. The van der Waals surface area contributed by atoms with Crippen LogP contribution in [0.4, 0.5) is 0 Å². The first kappa shape index (κ1) is 66.9. The van der Waals surface area contributed by atoms with Crippen molar-refractivity contribution < 1.29 is 118 Å². The van der Waals surface area contributed by atoms with Crippen molar-refractivity contribution in [2.45, 2.75) is 263 Å². The van der Waals surface area contributed by atoms with Gasteiger partial charge >= 0.3 is 17.9 Å². The van der Waals surface area contributed by atoms with Gasteiger partial charge in [0.15, 0.2) is 25.2 Å². The first-order valence-corrected chi connectivity index (χ1v) is 30.1. The highest BCUT2D eigenvalue weighted by Gasteiger charge is 2.69. The minimum Gasteiger partial charge on any atom is -0.481 e. The maximum Gasteiger partial charge on any atom is 0.314 e. The number of fused-ring (bicyclic) bond motifs is 4. The van der Waals surface area contributed by atoms with Crippen LogP contribution >= 0.6 is 0 Å². The molecule has 2 unspecified atom stereocenters. The zero-order valence-electron chi connectivity index (χ0n) is 50.4. The highest BCUT2D eigenvalue weighted by molar-refractivity contribution is 5.82. The Morgan fingerprint density at radius 1 is 0.679 bits per heavy atom. The van der Waals surface area contributed by atoms with Crippen molar-refractivity contribution in [3.63, 3.8) is 0 Å². The van der Waals surface area contributed by atoms with Crippen molar-refractivity contribution in [3.05, 3.63) is 11.1 Å². The molecule has 25 nitrogen and oxygen atoms in total. The predicted molar refractivity (Wildman–Crippen MR) is 290 cm³/mol. The fourth-order valence-electron chi connectivity index (χ4n) is 16.2. The Balaban J connectivity index is 1.10. The summed E-state index contributed by atoms with van der Waals surface area (Å²) < 4.78 is 61.0. The molecule has 26 atom stereocenters. The monoisotopic (exact) mass is 1200 g/mol. The van der Waals surface area contributed by atoms with Gasteiger partial charge in [-0.15, -0.1) is 0 Å². The summed E-state index contributed by atoms with van der Waals surface area (Å²) in [5.41, 5.74) is -1.31. The first-order chi connectivity index (χ1) is 39.3. The lowest BCUT2D eigenvalue weighted by molar-refractivity contribution is -0.392.